The van der Waals surface area contributed by atoms with E-state index in [4.69, 9.17) is 11.6 Å². The Morgan fingerprint density at radius 3 is 2.69 bits per heavy atom. The minimum atomic E-state index is -0.449. The Hall–Kier alpha value is -0.320. The molecule has 74 valence electrons. The third-order valence-corrected chi connectivity index (χ3v) is 3.03. The summed E-state index contributed by atoms with van der Waals surface area (Å²) in [6.07, 6.45) is -0.449. The summed E-state index contributed by atoms with van der Waals surface area (Å²) in [5.74, 6) is 0. The van der Waals surface area contributed by atoms with Crippen molar-refractivity contribution in [1.29, 1.82) is 0 Å². The van der Waals surface area contributed by atoms with Crippen molar-refractivity contribution in [1.82, 2.24) is 4.98 Å². The first kappa shape index (κ1) is 10.8. The Labute approximate surface area is 86.8 Å². The predicted molar refractivity (Wildman–Crippen MR) is 56.5 cm³/mol. The fraction of sp³-hybridized carbons (Fsp3) is 0.625. The summed E-state index contributed by atoms with van der Waals surface area (Å²) >= 11 is 7.09. The molecule has 0 aliphatic heterocycles. The van der Waals surface area contributed by atoms with E-state index in [0.717, 1.165) is 5.13 Å². The van der Waals surface area contributed by atoms with Crippen molar-refractivity contribution in [2.24, 2.45) is 0 Å². The molecular weight excluding hydrogens is 208 g/mol. The molecule has 1 rings (SSSR count). The van der Waals surface area contributed by atoms with Gasteiger partial charge in [-0.3, -0.25) is 0 Å². The minimum absolute atomic E-state index is 0.388. The molecule has 0 aromatic carbocycles. The monoisotopic (exact) mass is 220 g/mol. The van der Waals surface area contributed by atoms with E-state index in [1.54, 1.807) is 12.3 Å². The van der Waals surface area contributed by atoms with Gasteiger partial charge in [0.2, 0.25) is 0 Å². The second kappa shape index (κ2) is 3.82. The fourth-order valence-electron chi connectivity index (χ4n) is 0.692. The zero-order chi connectivity index (χ0) is 10.1. The Kier molecular flexibility index (Phi) is 3.16. The third-order valence-electron chi connectivity index (χ3n) is 1.95. The lowest BCUT2D eigenvalue weighted by molar-refractivity contribution is 0.133. The summed E-state index contributed by atoms with van der Waals surface area (Å²) < 4.78 is 0. The molecule has 2 N–H and O–H groups in total. The number of anilines is 1. The first-order valence-corrected chi connectivity index (χ1v) is 5.25. The molecule has 1 aromatic heterocycles. The summed E-state index contributed by atoms with van der Waals surface area (Å²) in [6, 6.07) is 0. The van der Waals surface area contributed by atoms with Crippen LogP contribution in [0.1, 0.15) is 20.8 Å². The lowest BCUT2D eigenvalue weighted by atomic mass is 9.99. The Bertz CT molecular complexity index is 285. The fourth-order valence-corrected chi connectivity index (χ4v) is 1.69. The second-order valence-corrected chi connectivity index (χ2v) is 4.74. The number of thiazole rings is 1. The van der Waals surface area contributed by atoms with E-state index in [9.17, 15) is 5.11 Å². The normalized spacial score (nSPS) is 14.2. The van der Waals surface area contributed by atoms with Crippen LogP contribution in [0.3, 0.4) is 0 Å². The van der Waals surface area contributed by atoms with Gasteiger partial charge in [-0.1, -0.05) is 11.6 Å². The van der Waals surface area contributed by atoms with Crippen molar-refractivity contribution in [3.05, 3.63) is 10.5 Å². The number of aromatic nitrogens is 1. The number of rotatable bonds is 3. The number of nitrogens with zero attached hydrogens (tertiary/aromatic N) is 1. The number of aliphatic hydroxyl groups is 1. The molecule has 0 radical (unpaired) electrons. The molecule has 1 atom stereocenters. The molecule has 0 spiro atoms. The maximum absolute atomic E-state index is 9.43. The Morgan fingerprint density at radius 2 is 2.31 bits per heavy atom. The largest absolute Gasteiger partial charge is 0.391 e. The van der Waals surface area contributed by atoms with Crippen molar-refractivity contribution < 1.29 is 5.11 Å². The zero-order valence-electron chi connectivity index (χ0n) is 7.84. The smallest absolute Gasteiger partial charge is 0.184 e. The van der Waals surface area contributed by atoms with Gasteiger partial charge in [0.15, 0.2) is 5.13 Å². The summed E-state index contributed by atoms with van der Waals surface area (Å²) in [5.41, 5.74) is -0.388. The maximum Gasteiger partial charge on any atom is 0.184 e. The maximum atomic E-state index is 9.43. The van der Waals surface area contributed by atoms with Gasteiger partial charge in [-0.25, -0.2) is 4.98 Å². The Morgan fingerprint density at radius 1 is 1.69 bits per heavy atom. The van der Waals surface area contributed by atoms with Crippen LogP contribution < -0.4 is 5.32 Å². The van der Waals surface area contributed by atoms with Gasteiger partial charge in [0.1, 0.15) is 5.15 Å². The van der Waals surface area contributed by atoms with Crippen molar-refractivity contribution in [3.8, 4) is 0 Å². The first-order valence-electron chi connectivity index (χ1n) is 3.99. The average molecular weight is 221 g/mol. The molecule has 0 aliphatic rings. The van der Waals surface area contributed by atoms with Gasteiger partial charge in [0, 0.05) is 5.38 Å². The van der Waals surface area contributed by atoms with Crippen LogP contribution in [-0.2, 0) is 0 Å². The van der Waals surface area contributed by atoms with E-state index in [-0.39, 0.29) is 5.54 Å². The van der Waals surface area contributed by atoms with E-state index in [1.165, 1.54) is 11.3 Å². The van der Waals surface area contributed by atoms with E-state index in [2.05, 4.69) is 10.3 Å². The molecule has 0 saturated heterocycles. The highest BCUT2D eigenvalue weighted by Gasteiger charge is 2.24. The van der Waals surface area contributed by atoms with Crippen LogP contribution in [0.4, 0.5) is 5.13 Å². The first-order chi connectivity index (χ1) is 5.92. The molecule has 0 aliphatic carbocycles. The van der Waals surface area contributed by atoms with E-state index >= 15 is 0 Å². The summed E-state index contributed by atoms with van der Waals surface area (Å²) in [4.78, 5) is 4.04. The molecule has 0 bridgehead atoms. The molecular formula is C8H13ClN2OS. The SMILES string of the molecule is CC(O)C(C)(C)Nc1nc(Cl)cs1. The minimum Gasteiger partial charge on any atom is -0.391 e. The highest BCUT2D eigenvalue weighted by Crippen LogP contribution is 2.23. The van der Waals surface area contributed by atoms with Gasteiger partial charge in [0.05, 0.1) is 11.6 Å². The molecule has 0 amide bonds. The number of hydrogen-bond acceptors (Lipinski definition) is 4. The van der Waals surface area contributed by atoms with E-state index in [0.29, 0.717) is 5.15 Å². The average Bonchev–Trinajstić information content (AvgIpc) is 2.34. The van der Waals surface area contributed by atoms with Crippen LogP contribution in [0.5, 0.6) is 0 Å². The number of nitrogens with one attached hydrogen (secondary N) is 1. The van der Waals surface area contributed by atoms with E-state index in [1.807, 2.05) is 13.8 Å². The lowest BCUT2D eigenvalue weighted by Crippen LogP contribution is -2.41. The molecule has 0 saturated carbocycles. The third kappa shape index (κ3) is 2.83. The van der Waals surface area contributed by atoms with Crippen LogP contribution in [0.2, 0.25) is 5.15 Å². The molecule has 5 heteroatoms. The highest BCUT2D eigenvalue weighted by atomic mass is 35.5. The van der Waals surface area contributed by atoms with Crippen molar-refractivity contribution in [2.75, 3.05) is 5.32 Å². The van der Waals surface area contributed by atoms with Gasteiger partial charge >= 0.3 is 0 Å². The summed E-state index contributed by atoms with van der Waals surface area (Å²) in [6.45, 7) is 5.56. The number of halogens is 1. The summed E-state index contributed by atoms with van der Waals surface area (Å²) in [5, 5.41) is 15.5. The molecule has 0 fully saturated rings. The molecule has 1 heterocycles. The molecule has 1 aromatic rings. The highest BCUT2D eigenvalue weighted by molar-refractivity contribution is 7.14. The quantitative estimate of drug-likeness (QED) is 0.822. The standard InChI is InChI=1S/C8H13ClN2OS/c1-5(12)8(2,3)11-7-10-6(9)4-13-7/h4-5,12H,1-3H3,(H,10,11). The van der Waals surface area contributed by atoms with Crippen molar-refractivity contribution >= 4 is 28.1 Å². The topological polar surface area (TPSA) is 45.1 Å². The molecule has 13 heavy (non-hydrogen) atoms. The van der Waals surface area contributed by atoms with Crippen LogP contribution in [-0.4, -0.2) is 21.7 Å². The van der Waals surface area contributed by atoms with Crippen molar-refractivity contribution in [2.45, 2.75) is 32.4 Å². The molecule has 1 unspecified atom stereocenters. The van der Waals surface area contributed by atoms with Gasteiger partial charge < -0.3 is 10.4 Å². The van der Waals surface area contributed by atoms with Crippen LogP contribution >= 0.6 is 22.9 Å². The molecule has 3 nitrogen and oxygen atoms in total. The van der Waals surface area contributed by atoms with Crippen LogP contribution in [0.15, 0.2) is 5.38 Å². The summed E-state index contributed by atoms with van der Waals surface area (Å²) in [7, 11) is 0. The predicted octanol–water partition coefficient (Wildman–Crippen LogP) is 2.37. The van der Waals surface area contributed by atoms with Crippen molar-refractivity contribution in [3.63, 3.8) is 0 Å². The van der Waals surface area contributed by atoms with Crippen LogP contribution in [0, 0.1) is 0 Å². The lowest BCUT2D eigenvalue weighted by Gasteiger charge is -2.28. The van der Waals surface area contributed by atoms with Gasteiger partial charge in [-0.15, -0.1) is 11.3 Å². The number of aliphatic hydroxyl groups excluding tert-OH is 1. The van der Waals surface area contributed by atoms with Gasteiger partial charge in [0.25, 0.3) is 0 Å². The van der Waals surface area contributed by atoms with Crippen LogP contribution in [0.25, 0.3) is 0 Å². The van der Waals surface area contributed by atoms with Gasteiger partial charge in [-0.2, -0.15) is 0 Å². The Balaban J connectivity index is 2.68. The van der Waals surface area contributed by atoms with E-state index < -0.39 is 6.10 Å². The number of hydrogen-bond donors (Lipinski definition) is 2. The zero-order valence-corrected chi connectivity index (χ0v) is 9.41. The second-order valence-electron chi connectivity index (χ2n) is 3.50. The van der Waals surface area contributed by atoms with Gasteiger partial charge in [-0.05, 0) is 20.8 Å².